The number of nitrogens with one attached hydrogen (secondary N) is 1. The second kappa shape index (κ2) is 8.35. The van der Waals surface area contributed by atoms with Gasteiger partial charge in [-0.3, -0.25) is 0 Å². The van der Waals surface area contributed by atoms with E-state index in [1.165, 1.54) is 71.4 Å². The monoisotopic (exact) mass is 281 g/mol. The molecule has 2 rings (SSSR count). The molecule has 20 heavy (non-hydrogen) atoms. The lowest BCUT2D eigenvalue weighted by atomic mass is 9.78. The van der Waals surface area contributed by atoms with Gasteiger partial charge in [0.1, 0.15) is 0 Å². The van der Waals surface area contributed by atoms with Gasteiger partial charge in [-0.15, -0.1) is 0 Å². The van der Waals surface area contributed by atoms with Crippen molar-refractivity contribution in [1.29, 1.82) is 0 Å². The zero-order valence-electron chi connectivity index (χ0n) is 13.9. The van der Waals surface area contributed by atoms with Gasteiger partial charge in [-0.2, -0.15) is 0 Å². The van der Waals surface area contributed by atoms with Crippen molar-refractivity contribution < 1.29 is 0 Å². The van der Waals surface area contributed by atoms with Crippen LogP contribution in [-0.4, -0.2) is 62.2 Å². The Bertz CT molecular complexity index is 259. The van der Waals surface area contributed by atoms with Crippen molar-refractivity contribution in [1.82, 2.24) is 15.1 Å². The SMILES string of the molecule is CC(C)C1CCCCC1NCCCN1CCN(C)CC1. The van der Waals surface area contributed by atoms with Crippen LogP contribution in [0, 0.1) is 11.8 Å². The molecule has 0 aromatic heterocycles. The van der Waals surface area contributed by atoms with Crippen molar-refractivity contribution >= 4 is 0 Å². The van der Waals surface area contributed by atoms with Gasteiger partial charge in [0.15, 0.2) is 0 Å². The van der Waals surface area contributed by atoms with E-state index >= 15 is 0 Å². The molecule has 1 saturated carbocycles. The molecule has 2 aliphatic rings. The molecule has 0 amide bonds. The van der Waals surface area contributed by atoms with Crippen molar-refractivity contribution in [3.05, 3.63) is 0 Å². The van der Waals surface area contributed by atoms with Crippen LogP contribution in [0.1, 0.15) is 46.0 Å². The summed E-state index contributed by atoms with van der Waals surface area (Å²) in [5.41, 5.74) is 0. The highest BCUT2D eigenvalue weighted by Gasteiger charge is 2.26. The highest BCUT2D eigenvalue weighted by atomic mass is 15.2. The summed E-state index contributed by atoms with van der Waals surface area (Å²) in [4.78, 5) is 5.06. The summed E-state index contributed by atoms with van der Waals surface area (Å²) in [5, 5.41) is 3.86. The molecule has 2 unspecified atom stereocenters. The Morgan fingerprint density at radius 3 is 2.45 bits per heavy atom. The number of hydrogen-bond acceptors (Lipinski definition) is 3. The Balaban J connectivity index is 1.60. The number of hydrogen-bond donors (Lipinski definition) is 1. The van der Waals surface area contributed by atoms with E-state index in [-0.39, 0.29) is 0 Å². The minimum absolute atomic E-state index is 0.788. The fourth-order valence-corrected chi connectivity index (χ4v) is 3.87. The standard InChI is InChI=1S/C17H35N3/c1-15(2)16-7-4-5-8-17(16)18-9-6-10-20-13-11-19(3)12-14-20/h15-18H,4-14H2,1-3H3. The topological polar surface area (TPSA) is 18.5 Å². The first-order chi connectivity index (χ1) is 9.66. The van der Waals surface area contributed by atoms with Crippen LogP contribution < -0.4 is 5.32 Å². The summed E-state index contributed by atoms with van der Waals surface area (Å²) in [6.07, 6.45) is 7.03. The summed E-state index contributed by atoms with van der Waals surface area (Å²) in [5.74, 6) is 1.75. The fourth-order valence-electron chi connectivity index (χ4n) is 3.87. The van der Waals surface area contributed by atoms with E-state index in [1.807, 2.05) is 0 Å². The quantitative estimate of drug-likeness (QED) is 0.754. The summed E-state index contributed by atoms with van der Waals surface area (Å²) in [6, 6.07) is 0.788. The summed E-state index contributed by atoms with van der Waals surface area (Å²) >= 11 is 0. The van der Waals surface area contributed by atoms with Gasteiger partial charge in [-0.05, 0) is 51.2 Å². The smallest absolute Gasteiger partial charge is 0.0110 e. The molecule has 118 valence electrons. The number of rotatable bonds is 6. The van der Waals surface area contributed by atoms with Gasteiger partial charge < -0.3 is 15.1 Å². The molecule has 2 fully saturated rings. The molecule has 1 aliphatic carbocycles. The Hall–Kier alpha value is -0.120. The average molecular weight is 281 g/mol. The maximum Gasteiger partial charge on any atom is 0.0110 e. The Kier molecular flexibility index (Phi) is 6.79. The van der Waals surface area contributed by atoms with Crippen molar-refractivity contribution in [3.63, 3.8) is 0 Å². The van der Waals surface area contributed by atoms with Gasteiger partial charge in [-0.1, -0.05) is 26.7 Å². The van der Waals surface area contributed by atoms with E-state index in [1.54, 1.807) is 0 Å². The van der Waals surface area contributed by atoms with E-state index in [0.717, 1.165) is 17.9 Å². The van der Waals surface area contributed by atoms with Gasteiger partial charge in [0.05, 0.1) is 0 Å². The van der Waals surface area contributed by atoms with Gasteiger partial charge >= 0.3 is 0 Å². The molecule has 3 nitrogen and oxygen atoms in total. The highest BCUT2D eigenvalue weighted by molar-refractivity contribution is 4.83. The van der Waals surface area contributed by atoms with E-state index in [2.05, 4.69) is 36.0 Å². The largest absolute Gasteiger partial charge is 0.314 e. The van der Waals surface area contributed by atoms with Crippen LogP contribution in [0.2, 0.25) is 0 Å². The minimum Gasteiger partial charge on any atom is -0.314 e. The van der Waals surface area contributed by atoms with Crippen LogP contribution in [0.25, 0.3) is 0 Å². The molecule has 1 saturated heterocycles. The minimum atomic E-state index is 0.788. The number of likely N-dealkylation sites (N-methyl/N-ethyl adjacent to an activating group) is 1. The number of nitrogens with zero attached hydrogens (tertiary/aromatic N) is 2. The molecule has 0 spiro atoms. The molecule has 1 aliphatic heterocycles. The normalized spacial score (nSPS) is 30.0. The van der Waals surface area contributed by atoms with Crippen molar-refractivity contribution in [2.24, 2.45) is 11.8 Å². The Morgan fingerprint density at radius 2 is 1.75 bits per heavy atom. The van der Waals surface area contributed by atoms with Crippen LogP contribution in [0.3, 0.4) is 0 Å². The molecule has 0 bridgehead atoms. The zero-order valence-corrected chi connectivity index (χ0v) is 13.9. The zero-order chi connectivity index (χ0) is 14.4. The van der Waals surface area contributed by atoms with E-state index in [9.17, 15) is 0 Å². The molecule has 2 atom stereocenters. The van der Waals surface area contributed by atoms with Crippen molar-refractivity contribution in [3.8, 4) is 0 Å². The molecule has 0 aromatic carbocycles. The summed E-state index contributed by atoms with van der Waals surface area (Å²) in [7, 11) is 2.23. The lowest BCUT2D eigenvalue weighted by Gasteiger charge is -2.36. The highest BCUT2D eigenvalue weighted by Crippen LogP contribution is 2.30. The lowest BCUT2D eigenvalue weighted by Crippen LogP contribution is -2.46. The van der Waals surface area contributed by atoms with Gasteiger partial charge in [0.25, 0.3) is 0 Å². The van der Waals surface area contributed by atoms with Crippen LogP contribution >= 0.6 is 0 Å². The van der Waals surface area contributed by atoms with E-state index < -0.39 is 0 Å². The molecule has 1 N–H and O–H groups in total. The Labute approximate surface area is 126 Å². The predicted molar refractivity (Wildman–Crippen MR) is 87.1 cm³/mol. The predicted octanol–water partition coefficient (Wildman–Crippen LogP) is 2.43. The van der Waals surface area contributed by atoms with E-state index in [4.69, 9.17) is 0 Å². The third kappa shape index (κ3) is 5.01. The third-order valence-electron chi connectivity index (χ3n) is 5.33. The van der Waals surface area contributed by atoms with Crippen LogP contribution in [0.5, 0.6) is 0 Å². The Morgan fingerprint density at radius 1 is 1.05 bits per heavy atom. The van der Waals surface area contributed by atoms with Crippen molar-refractivity contribution in [2.45, 2.75) is 52.0 Å². The maximum atomic E-state index is 3.86. The average Bonchev–Trinajstić information content (AvgIpc) is 2.46. The first-order valence-electron chi connectivity index (χ1n) is 8.81. The van der Waals surface area contributed by atoms with Gasteiger partial charge in [0.2, 0.25) is 0 Å². The van der Waals surface area contributed by atoms with Crippen molar-refractivity contribution in [2.75, 3.05) is 46.3 Å². The molecular weight excluding hydrogens is 246 g/mol. The van der Waals surface area contributed by atoms with Crippen LogP contribution in [0.15, 0.2) is 0 Å². The molecule has 1 heterocycles. The van der Waals surface area contributed by atoms with Gasteiger partial charge in [-0.25, -0.2) is 0 Å². The van der Waals surface area contributed by atoms with Gasteiger partial charge in [0, 0.05) is 32.2 Å². The second-order valence-electron chi connectivity index (χ2n) is 7.25. The molecular formula is C17H35N3. The summed E-state index contributed by atoms with van der Waals surface area (Å²) < 4.78 is 0. The van der Waals surface area contributed by atoms with E-state index in [0.29, 0.717) is 0 Å². The van der Waals surface area contributed by atoms with Crippen LogP contribution in [-0.2, 0) is 0 Å². The lowest BCUT2D eigenvalue weighted by molar-refractivity contribution is 0.150. The first-order valence-corrected chi connectivity index (χ1v) is 8.81. The third-order valence-corrected chi connectivity index (χ3v) is 5.33. The summed E-state index contributed by atoms with van der Waals surface area (Å²) in [6.45, 7) is 12.3. The molecule has 3 heteroatoms. The first kappa shape index (κ1) is 16.3. The fraction of sp³-hybridized carbons (Fsp3) is 1.00. The maximum absolute atomic E-state index is 3.86. The van der Waals surface area contributed by atoms with Crippen LogP contribution in [0.4, 0.5) is 0 Å². The second-order valence-corrected chi connectivity index (χ2v) is 7.25. The molecule has 0 aromatic rings. The molecule has 0 radical (unpaired) electrons. The number of piperazine rings is 1.